The molecule has 0 atom stereocenters. The molecule has 0 fully saturated rings. The summed E-state index contributed by atoms with van der Waals surface area (Å²) in [5, 5.41) is 0. The maximum absolute atomic E-state index is 5.04. The van der Waals surface area contributed by atoms with Gasteiger partial charge < -0.3 is 4.74 Å². The Labute approximate surface area is 66.2 Å². The molecular formula is C6H12OS2. The maximum atomic E-state index is 5.04. The molecule has 0 bridgehead atoms. The molecule has 0 unspecified atom stereocenters. The predicted molar refractivity (Wildman–Crippen MR) is 47.0 cm³/mol. The predicted octanol–water partition coefficient (Wildman–Crippen LogP) is 2.45. The van der Waals surface area contributed by atoms with Crippen molar-refractivity contribution in [3.63, 3.8) is 0 Å². The van der Waals surface area contributed by atoms with Gasteiger partial charge in [0.25, 0.3) is 0 Å². The molecule has 0 radical (unpaired) electrons. The van der Waals surface area contributed by atoms with Gasteiger partial charge in [-0.3, -0.25) is 0 Å². The topological polar surface area (TPSA) is 9.23 Å². The minimum Gasteiger partial charge on any atom is -0.479 e. The minimum absolute atomic E-state index is 0.680. The van der Waals surface area contributed by atoms with Gasteiger partial charge in [0, 0.05) is 5.75 Å². The fraction of sp³-hybridized carbons (Fsp3) is 0.833. The van der Waals surface area contributed by atoms with Crippen molar-refractivity contribution in [2.75, 3.05) is 12.4 Å². The lowest BCUT2D eigenvalue weighted by atomic mass is 10.6. The van der Waals surface area contributed by atoms with Crippen LogP contribution in [0.15, 0.2) is 0 Å². The van der Waals surface area contributed by atoms with Crippen molar-refractivity contribution in [2.45, 2.75) is 20.3 Å². The standard InChI is InChI=1S/C6H12OS2/c1-3-5-9-6(8)7-4-2/h3-5H2,1-2H3. The summed E-state index contributed by atoms with van der Waals surface area (Å²) in [4.78, 5) is 0. The van der Waals surface area contributed by atoms with Gasteiger partial charge in [0.05, 0.1) is 6.61 Å². The van der Waals surface area contributed by atoms with E-state index in [-0.39, 0.29) is 0 Å². The summed E-state index contributed by atoms with van der Waals surface area (Å²) >= 11 is 6.47. The van der Waals surface area contributed by atoms with E-state index in [9.17, 15) is 0 Å². The van der Waals surface area contributed by atoms with Crippen LogP contribution in [0, 0.1) is 0 Å². The van der Waals surface area contributed by atoms with Crippen molar-refractivity contribution in [3.8, 4) is 0 Å². The van der Waals surface area contributed by atoms with Crippen LogP contribution in [0.2, 0.25) is 0 Å². The molecule has 0 aliphatic rings. The number of ether oxygens (including phenoxy) is 1. The summed E-state index contributed by atoms with van der Waals surface area (Å²) in [6.07, 6.45) is 1.15. The second-order valence-corrected chi connectivity index (χ2v) is 3.23. The summed E-state index contributed by atoms with van der Waals surface area (Å²) in [6, 6.07) is 0. The molecule has 0 aromatic heterocycles. The number of rotatable bonds is 3. The quantitative estimate of drug-likeness (QED) is 0.593. The smallest absolute Gasteiger partial charge is 0.219 e. The highest BCUT2D eigenvalue weighted by atomic mass is 32.2. The van der Waals surface area contributed by atoms with E-state index in [1.165, 1.54) is 0 Å². The van der Waals surface area contributed by atoms with Crippen molar-refractivity contribution < 1.29 is 4.74 Å². The van der Waals surface area contributed by atoms with E-state index in [2.05, 4.69) is 6.92 Å². The Morgan fingerprint density at radius 1 is 1.56 bits per heavy atom. The Balaban J connectivity index is 3.06. The van der Waals surface area contributed by atoms with E-state index in [1.54, 1.807) is 11.8 Å². The van der Waals surface area contributed by atoms with E-state index in [0.717, 1.165) is 12.2 Å². The van der Waals surface area contributed by atoms with E-state index >= 15 is 0 Å². The van der Waals surface area contributed by atoms with E-state index in [0.29, 0.717) is 11.0 Å². The van der Waals surface area contributed by atoms with E-state index in [1.807, 2.05) is 6.92 Å². The van der Waals surface area contributed by atoms with Crippen LogP contribution < -0.4 is 0 Å². The number of thioether (sulfide) groups is 1. The molecule has 0 N–H and O–H groups in total. The largest absolute Gasteiger partial charge is 0.479 e. The van der Waals surface area contributed by atoms with Crippen LogP contribution in [0.25, 0.3) is 0 Å². The molecule has 0 aromatic carbocycles. The van der Waals surface area contributed by atoms with Gasteiger partial charge in [-0.15, -0.1) is 0 Å². The first-order valence-corrected chi connectivity index (χ1v) is 4.50. The van der Waals surface area contributed by atoms with Crippen molar-refractivity contribution in [1.82, 2.24) is 0 Å². The molecule has 0 amide bonds. The highest BCUT2D eigenvalue weighted by Crippen LogP contribution is 2.06. The molecule has 54 valence electrons. The average molecular weight is 164 g/mol. The molecule has 0 heterocycles. The molecule has 0 spiro atoms. The van der Waals surface area contributed by atoms with Crippen LogP contribution in [0.4, 0.5) is 0 Å². The number of hydrogen-bond acceptors (Lipinski definition) is 3. The molecule has 1 nitrogen and oxygen atoms in total. The zero-order chi connectivity index (χ0) is 7.11. The van der Waals surface area contributed by atoms with Gasteiger partial charge in [-0.25, -0.2) is 0 Å². The Kier molecular flexibility index (Phi) is 6.53. The third-order valence-corrected chi connectivity index (χ3v) is 2.12. The Bertz CT molecular complexity index is 83.1. The van der Waals surface area contributed by atoms with E-state index < -0.39 is 0 Å². The lowest BCUT2D eigenvalue weighted by Gasteiger charge is -2.00. The Hall–Kier alpha value is 0.240. The van der Waals surface area contributed by atoms with Crippen LogP contribution in [-0.4, -0.2) is 16.7 Å². The van der Waals surface area contributed by atoms with Gasteiger partial charge in [-0.05, 0) is 25.6 Å². The monoisotopic (exact) mass is 164 g/mol. The zero-order valence-corrected chi connectivity index (χ0v) is 7.48. The maximum Gasteiger partial charge on any atom is 0.219 e. The average Bonchev–Trinajstić information content (AvgIpc) is 1.85. The second kappa shape index (κ2) is 6.36. The summed E-state index contributed by atoms with van der Waals surface area (Å²) in [7, 11) is 0. The van der Waals surface area contributed by atoms with Gasteiger partial charge in [0.2, 0.25) is 4.38 Å². The fourth-order valence-electron chi connectivity index (χ4n) is 0.345. The summed E-state index contributed by atoms with van der Waals surface area (Å²) in [6.45, 7) is 4.76. The lowest BCUT2D eigenvalue weighted by molar-refractivity contribution is 0.346. The third-order valence-electron chi connectivity index (χ3n) is 0.686. The summed E-state index contributed by atoms with van der Waals surface area (Å²) in [5.74, 6) is 1.07. The van der Waals surface area contributed by atoms with Crippen LogP contribution in [0.1, 0.15) is 20.3 Å². The van der Waals surface area contributed by atoms with Gasteiger partial charge >= 0.3 is 0 Å². The first-order valence-electron chi connectivity index (χ1n) is 3.10. The first kappa shape index (κ1) is 9.24. The molecule has 0 rings (SSSR count). The third kappa shape index (κ3) is 6.12. The van der Waals surface area contributed by atoms with Crippen LogP contribution in [0.5, 0.6) is 0 Å². The number of hydrogen-bond donors (Lipinski definition) is 0. The molecule has 0 saturated carbocycles. The van der Waals surface area contributed by atoms with Crippen LogP contribution in [-0.2, 0) is 4.74 Å². The zero-order valence-electron chi connectivity index (χ0n) is 5.85. The fourth-order valence-corrected chi connectivity index (χ4v) is 1.28. The molecule has 0 aromatic rings. The van der Waals surface area contributed by atoms with Gasteiger partial charge in [0.1, 0.15) is 0 Å². The van der Waals surface area contributed by atoms with Crippen LogP contribution in [0.3, 0.4) is 0 Å². The summed E-state index contributed by atoms with van der Waals surface area (Å²) in [5.41, 5.74) is 0. The van der Waals surface area contributed by atoms with Crippen molar-refractivity contribution >= 4 is 28.4 Å². The Morgan fingerprint density at radius 2 is 2.22 bits per heavy atom. The van der Waals surface area contributed by atoms with Gasteiger partial charge in [-0.1, -0.05) is 18.7 Å². The van der Waals surface area contributed by atoms with E-state index in [4.69, 9.17) is 17.0 Å². The molecule has 0 aliphatic heterocycles. The van der Waals surface area contributed by atoms with Gasteiger partial charge in [-0.2, -0.15) is 0 Å². The molecular weight excluding hydrogens is 152 g/mol. The Morgan fingerprint density at radius 3 is 2.67 bits per heavy atom. The van der Waals surface area contributed by atoms with Crippen molar-refractivity contribution in [1.29, 1.82) is 0 Å². The van der Waals surface area contributed by atoms with Crippen molar-refractivity contribution in [2.24, 2.45) is 0 Å². The minimum atomic E-state index is 0.680. The van der Waals surface area contributed by atoms with Crippen molar-refractivity contribution in [3.05, 3.63) is 0 Å². The normalized spacial score (nSPS) is 9.11. The first-order chi connectivity index (χ1) is 4.31. The highest BCUT2D eigenvalue weighted by Gasteiger charge is 1.93. The van der Waals surface area contributed by atoms with Crippen LogP contribution >= 0.6 is 24.0 Å². The van der Waals surface area contributed by atoms with Gasteiger partial charge in [0.15, 0.2) is 0 Å². The highest BCUT2D eigenvalue weighted by molar-refractivity contribution is 8.22. The molecule has 3 heteroatoms. The number of thiocarbonyl (C=S) groups is 1. The SMILES string of the molecule is CCCSC(=S)OCC. The molecule has 0 aliphatic carbocycles. The summed E-state index contributed by atoms with van der Waals surface area (Å²) < 4.78 is 5.72. The molecule has 9 heavy (non-hydrogen) atoms. The second-order valence-electron chi connectivity index (χ2n) is 1.53. The lowest BCUT2D eigenvalue weighted by Crippen LogP contribution is -1.96. The molecule has 0 saturated heterocycles.